The van der Waals surface area contributed by atoms with E-state index in [-0.39, 0.29) is 5.91 Å². The lowest BCUT2D eigenvalue weighted by molar-refractivity contribution is -0.129. The minimum absolute atomic E-state index is 0.0844. The molecular weight excluding hydrogens is 360 g/mol. The smallest absolute Gasteiger partial charge is 0.228 e. The minimum atomic E-state index is 0.0844. The number of thiophene rings is 1. The van der Waals surface area contributed by atoms with Gasteiger partial charge in [0, 0.05) is 19.0 Å². The Kier molecular flexibility index (Phi) is 4.82. The molecule has 0 spiro atoms. The van der Waals surface area contributed by atoms with Gasteiger partial charge in [0.1, 0.15) is 5.01 Å². The lowest BCUT2D eigenvalue weighted by Gasteiger charge is -2.17. The van der Waals surface area contributed by atoms with E-state index in [2.05, 4.69) is 41.4 Å². The predicted octanol–water partition coefficient (Wildman–Crippen LogP) is 5.23. The summed E-state index contributed by atoms with van der Waals surface area (Å²) in [6.07, 6.45) is 0.339. The highest BCUT2D eigenvalue weighted by Crippen LogP contribution is 2.28. The molecule has 0 N–H and O–H groups in total. The summed E-state index contributed by atoms with van der Waals surface area (Å²) < 4.78 is 0. The van der Waals surface area contributed by atoms with Gasteiger partial charge in [-0.3, -0.25) is 4.79 Å². The summed E-state index contributed by atoms with van der Waals surface area (Å²) in [6, 6.07) is 18.7. The van der Waals surface area contributed by atoms with Gasteiger partial charge in [0.15, 0.2) is 0 Å². The third kappa shape index (κ3) is 3.69. The molecule has 0 atom stereocenters. The van der Waals surface area contributed by atoms with Crippen LogP contribution in [0.4, 0.5) is 0 Å². The molecule has 3 nitrogen and oxygen atoms in total. The van der Waals surface area contributed by atoms with Crippen molar-refractivity contribution in [2.24, 2.45) is 0 Å². The number of hydrogen-bond acceptors (Lipinski definition) is 4. The standard InChI is InChI=1S/C21H18N2OS2/c1-23(13-15-8-9-16-5-2-3-6-17(16)11-15)20(24)12-18-14-26-21(22-18)19-7-4-10-25-19/h2-11,14H,12-13H2,1H3. The molecule has 0 saturated heterocycles. The molecule has 1 amide bonds. The maximum atomic E-state index is 12.6. The van der Waals surface area contributed by atoms with Crippen molar-refractivity contribution < 1.29 is 4.79 Å². The monoisotopic (exact) mass is 378 g/mol. The first-order valence-corrected chi connectivity index (χ1v) is 10.1. The van der Waals surface area contributed by atoms with Crippen molar-refractivity contribution >= 4 is 39.4 Å². The van der Waals surface area contributed by atoms with Crippen LogP contribution in [0.3, 0.4) is 0 Å². The van der Waals surface area contributed by atoms with Crippen LogP contribution < -0.4 is 0 Å². The van der Waals surface area contributed by atoms with Crippen LogP contribution >= 0.6 is 22.7 Å². The van der Waals surface area contributed by atoms with Gasteiger partial charge in [0.05, 0.1) is 17.0 Å². The number of thiazole rings is 1. The number of hydrogen-bond donors (Lipinski definition) is 0. The highest BCUT2D eigenvalue weighted by molar-refractivity contribution is 7.20. The van der Waals surface area contributed by atoms with E-state index in [1.807, 2.05) is 36.0 Å². The Morgan fingerprint density at radius 1 is 1.04 bits per heavy atom. The molecule has 2 heterocycles. The summed E-state index contributed by atoms with van der Waals surface area (Å²) in [4.78, 5) is 20.1. The number of rotatable bonds is 5. The molecule has 4 aromatic rings. The zero-order chi connectivity index (χ0) is 17.9. The van der Waals surface area contributed by atoms with Crippen LogP contribution in [0.25, 0.3) is 20.7 Å². The summed E-state index contributed by atoms with van der Waals surface area (Å²) >= 11 is 3.26. The van der Waals surface area contributed by atoms with Crippen molar-refractivity contribution in [3.8, 4) is 9.88 Å². The van der Waals surface area contributed by atoms with Gasteiger partial charge in [0.2, 0.25) is 5.91 Å². The molecule has 0 saturated carbocycles. The van der Waals surface area contributed by atoms with Crippen LogP contribution in [0, 0.1) is 0 Å². The van der Waals surface area contributed by atoms with Crippen molar-refractivity contribution in [2.75, 3.05) is 7.05 Å². The topological polar surface area (TPSA) is 33.2 Å². The average Bonchev–Trinajstić information content (AvgIpc) is 3.33. The van der Waals surface area contributed by atoms with Crippen LogP contribution in [-0.2, 0) is 17.8 Å². The van der Waals surface area contributed by atoms with Crippen LogP contribution in [0.1, 0.15) is 11.3 Å². The lowest BCUT2D eigenvalue weighted by atomic mass is 10.1. The van der Waals surface area contributed by atoms with Crippen molar-refractivity contribution in [2.45, 2.75) is 13.0 Å². The van der Waals surface area contributed by atoms with Gasteiger partial charge in [-0.05, 0) is 33.8 Å². The normalized spacial score (nSPS) is 11.0. The number of likely N-dealkylation sites (N-methyl/N-ethyl adjacent to an activating group) is 1. The molecule has 5 heteroatoms. The second-order valence-corrected chi connectivity index (χ2v) is 8.04. The second-order valence-electron chi connectivity index (χ2n) is 6.23. The quantitative estimate of drug-likeness (QED) is 0.477. The average molecular weight is 379 g/mol. The molecule has 0 aliphatic carbocycles. The fraction of sp³-hybridized carbons (Fsp3) is 0.143. The lowest BCUT2D eigenvalue weighted by Crippen LogP contribution is -2.27. The van der Waals surface area contributed by atoms with E-state index in [1.54, 1.807) is 27.6 Å². The zero-order valence-corrected chi connectivity index (χ0v) is 16.0. The van der Waals surface area contributed by atoms with Gasteiger partial charge in [0.25, 0.3) is 0 Å². The molecule has 2 aromatic carbocycles. The maximum Gasteiger partial charge on any atom is 0.228 e. The van der Waals surface area contributed by atoms with E-state index in [0.29, 0.717) is 13.0 Å². The van der Waals surface area contributed by atoms with E-state index >= 15 is 0 Å². The van der Waals surface area contributed by atoms with E-state index in [1.165, 1.54) is 10.8 Å². The SMILES string of the molecule is CN(Cc1ccc2ccccc2c1)C(=O)Cc1csc(-c2cccs2)n1. The number of carbonyl (C=O) groups is 1. The molecule has 26 heavy (non-hydrogen) atoms. The molecule has 0 fully saturated rings. The first-order valence-electron chi connectivity index (χ1n) is 8.39. The van der Waals surface area contributed by atoms with Gasteiger partial charge in [-0.2, -0.15) is 0 Å². The number of carbonyl (C=O) groups excluding carboxylic acids is 1. The van der Waals surface area contributed by atoms with Crippen molar-refractivity contribution in [1.29, 1.82) is 0 Å². The highest BCUT2D eigenvalue weighted by Gasteiger charge is 2.14. The van der Waals surface area contributed by atoms with E-state index < -0.39 is 0 Å². The van der Waals surface area contributed by atoms with E-state index in [0.717, 1.165) is 21.1 Å². The van der Waals surface area contributed by atoms with E-state index in [9.17, 15) is 4.79 Å². The summed E-state index contributed by atoms with van der Waals surface area (Å²) in [5.74, 6) is 0.0844. The van der Waals surface area contributed by atoms with E-state index in [4.69, 9.17) is 0 Å². The number of nitrogens with zero attached hydrogens (tertiary/aromatic N) is 2. The van der Waals surface area contributed by atoms with Crippen LogP contribution in [0.5, 0.6) is 0 Å². The van der Waals surface area contributed by atoms with Gasteiger partial charge in [-0.25, -0.2) is 4.98 Å². The summed E-state index contributed by atoms with van der Waals surface area (Å²) in [5.41, 5.74) is 1.98. The molecule has 2 aromatic heterocycles. The van der Waals surface area contributed by atoms with Crippen molar-refractivity contribution in [3.63, 3.8) is 0 Å². The van der Waals surface area contributed by atoms with Gasteiger partial charge >= 0.3 is 0 Å². The third-order valence-electron chi connectivity index (χ3n) is 4.28. The Hall–Kier alpha value is -2.50. The summed E-state index contributed by atoms with van der Waals surface area (Å²) in [6.45, 7) is 0.603. The molecule has 0 aliphatic heterocycles. The molecule has 0 bridgehead atoms. The Morgan fingerprint density at radius 3 is 2.69 bits per heavy atom. The number of aromatic nitrogens is 1. The highest BCUT2D eigenvalue weighted by atomic mass is 32.1. The maximum absolute atomic E-state index is 12.6. The molecule has 4 rings (SSSR count). The Bertz CT molecular complexity index is 1040. The summed E-state index contributed by atoms with van der Waals surface area (Å²) in [7, 11) is 1.85. The largest absolute Gasteiger partial charge is 0.341 e. The fourth-order valence-electron chi connectivity index (χ4n) is 2.89. The van der Waals surface area contributed by atoms with Crippen LogP contribution in [0.15, 0.2) is 65.4 Å². The van der Waals surface area contributed by atoms with Gasteiger partial charge < -0.3 is 4.90 Å². The van der Waals surface area contributed by atoms with Crippen molar-refractivity contribution in [1.82, 2.24) is 9.88 Å². The number of amides is 1. The molecular formula is C21H18N2OS2. The first-order chi connectivity index (χ1) is 12.7. The van der Waals surface area contributed by atoms with Gasteiger partial charge in [-0.1, -0.05) is 42.5 Å². The first kappa shape index (κ1) is 16.9. The molecule has 0 aliphatic rings. The Morgan fingerprint density at radius 2 is 1.88 bits per heavy atom. The fourth-order valence-corrected chi connectivity index (χ4v) is 4.52. The van der Waals surface area contributed by atoms with Crippen LogP contribution in [0.2, 0.25) is 0 Å². The number of fused-ring (bicyclic) bond motifs is 1. The van der Waals surface area contributed by atoms with Crippen molar-refractivity contribution in [3.05, 3.63) is 76.6 Å². The summed E-state index contributed by atoms with van der Waals surface area (Å²) in [5, 5.41) is 7.43. The minimum Gasteiger partial charge on any atom is -0.341 e. The number of benzene rings is 2. The third-order valence-corrected chi connectivity index (χ3v) is 6.21. The van der Waals surface area contributed by atoms with Crippen LogP contribution in [-0.4, -0.2) is 22.8 Å². The predicted molar refractivity (Wildman–Crippen MR) is 110 cm³/mol. The molecule has 0 unspecified atom stereocenters. The molecule has 130 valence electrons. The zero-order valence-electron chi connectivity index (χ0n) is 14.4. The Labute approximate surface area is 160 Å². The molecule has 0 radical (unpaired) electrons. The Balaban J connectivity index is 1.42. The second kappa shape index (κ2) is 7.40. The van der Waals surface area contributed by atoms with Gasteiger partial charge in [-0.15, -0.1) is 22.7 Å².